The van der Waals surface area contributed by atoms with Gasteiger partial charge in [-0.05, 0) is 56.2 Å². The number of amides is 1. The zero-order valence-electron chi connectivity index (χ0n) is 12.1. The van der Waals surface area contributed by atoms with Crippen LogP contribution in [0, 0.1) is 19.8 Å². The van der Waals surface area contributed by atoms with E-state index in [4.69, 9.17) is 10.7 Å². The predicted octanol–water partition coefficient (Wildman–Crippen LogP) is 2.86. The molecule has 0 radical (unpaired) electrons. The number of nitrogens with zero attached hydrogens (tertiary/aromatic N) is 1. The summed E-state index contributed by atoms with van der Waals surface area (Å²) in [7, 11) is 1.62. The SMILES string of the molecule is Cc1cc(C)c(S(=O)(=O)Cl)cc1C(=O)N1CC2CCC1C2. The average molecular weight is 328 g/mol. The van der Waals surface area contributed by atoms with E-state index in [1.54, 1.807) is 13.0 Å². The molecule has 2 fully saturated rings. The summed E-state index contributed by atoms with van der Waals surface area (Å²) in [6.45, 7) is 4.31. The van der Waals surface area contributed by atoms with Crippen LogP contribution in [-0.2, 0) is 9.05 Å². The zero-order chi connectivity index (χ0) is 15.4. The maximum Gasteiger partial charge on any atom is 0.261 e. The molecule has 1 aromatic carbocycles. The van der Waals surface area contributed by atoms with Gasteiger partial charge in [0.25, 0.3) is 15.0 Å². The van der Waals surface area contributed by atoms with Crippen molar-refractivity contribution in [1.82, 2.24) is 4.90 Å². The lowest BCUT2D eigenvalue weighted by atomic mass is 10.0. The quantitative estimate of drug-likeness (QED) is 0.785. The third-order valence-electron chi connectivity index (χ3n) is 4.69. The van der Waals surface area contributed by atoms with Gasteiger partial charge in [0, 0.05) is 28.8 Å². The molecule has 1 aromatic rings. The number of benzene rings is 1. The molecular weight excluding hydrogens is 310 g/mol. The zero-order valence-corrected chi connectivity index (χ0v) is 13.7. The average Bonchev–Trinajstić information content (AvgIpc) is 2.98. The van der Waals surface area contributed by atoms with Crippen LogP contribution in [0.15, 0.2) is 17.0 Å². The summed E-state index contributed by atoms with van der Waals surface area (Å²) >= 11 is 0. The van der Waals surface area contributed by atoms with Gasteiger partial charge in [-0.2, -0.15) is 0 Å². The number of carbonyl (C=O) groups is 1. The Morgan fingerprint density at radius 1 is 1.24 bits per heavy atom. The van der Waals surface area contributed by atoms with Gasteiger partial charge in [0.2, 0.25) is 0 Å². The van der Waals surface area contributed by atoms with Gasteiger partial charge in [0.1, 0.15) is 0 Å². The molecule has 3 rings (SSSR count). The normalized spacial score (nSPS) is 24.6. The van der Waals surface area contributed by atoms with Crippen molar-refractivity contribution in [2.45, 2.75) is 44.0 Å². The molecule has 2 atom stereocenters. The first-order chi connectivity index (χ1) is 9.77. The molecule has 0 spiro atoms. The number of aryl methyl sites for hydroxylation is 2. The Morgan fingerprint density at radius 2 is 1.95 bits per heavy atom. The fourth-order valence-electron chi connectivity index (χ4n) is 3.65. The van der Waals surface area contributed by atoms with E-state index in [0.717, 1.165) is 24.9 Å². The molecule has 0 aromatic heterocycles. The Bertz CT molecular complexity index is 714. The number of piperidine rings is 1. The van der Waals surface area contributed by atoms with Gasteiger partial charge in [-0.25, -0.2) is 8.42 Å². The molecule has 6 heteroatoms. The van der Waals surface area contributed by atoms with Gasteiger partial charge >= 0.3 is 0 Å². The summed E-state index contributed by atoms with van der Waals surface area (Å²) in [6, 6.07) is 3.47. The summed E-state index contributed by atoms with van der Waals surface area (Å²) in [5.74, 6) is 0.544. The van der Waals surface area contributed by atoms with Crippen molar-refractivity contribution in [3.63, 3.8) is 0 Å². The van der Waals surface area contributed by atoms with E-state index in [1.807, 2.05) is 11.8 Å². The molecule has 1 aliphatic carbocycles. The number of fused-ring (bicyclic) bond motifs is 2. The lowest BCUT2D eigenvalue weighted by Crippen LogP contribution is -2.38. The highest BCUT2D eigenvalue weighted by Crippen LogP contribution is 2.38. The van der Waals surface area contributed by atoms with Gasteiger partial charge in [-0.15, -0.1) is 0 Å². The summed E-state index contributed by atoms with van der Waals surface area (Å²) in [4.78, 5) is 14.7. The van der Waals surface area contributed by atoms with Crippen LogP contribution in [-0.4, -0.2) is 31.8 Å². The molecule has 21 heavy (non-hydrogen) atoms. The van der Waals surface area contributed by atoms with Crippen molar-refractivity contribution in [3.8, 4) is 0 Å². The molecule has 1 saturated carbocycles. The van der Waals surface area contributed by atoms with Crippen molar-refractivity contribution in [1.29, 1.82) is 0 Å². The molecule has 2 unspecified atom stereocenters. The summed E-state index contributed by atoms with van der Waals surface area (Å²) < 4.78 is 23.3. The number of carbonyl (C=O) groups excluding carboxylic acids is 1. The predicted molar refractivity (Wildman–Crippen MR) is 81.1 cm³/mol. The second-order valence-electron chi connectivity index (χ2n) is 6.16. The molecule has 114 valence electrons. The Kier molecular flexibility index (Phi) is 3.53. The topological polar surface area (TPSA) is 54.5 Å². The molecule has 1 amide bonds. The third-order valence-corrected chi connectivity index (χ3v) is 6.15. The number of hydrogen-bond donors (Lipinski definition) is 0. The van der Waals surface area contributed by atoms with Crippen LogP contribution >= 0.6 is 10.7 Å². The monoisotopic (exact) mass is 327 g/mol. The van der Waals surface area contributed by atoms with E-state index in [1.165, 1.54) is 12.5 Å². The third kappa shape index (κ3) is 2.57. The Labute approximate surface area is 129 Å². The van der Waals surface area contributed by atoms with E-state index in [-0.39, 0.29) is 10.8 Å². The van der Waals surface area contributed by atoms with Crippen LogP contribution in [0.25, 0.3) is 0 Å². The molecule has 0 N–H and O–H groups in total. The highest BCUT2D eigenvalue weighted by atomic mass is 35.7. The highest BCUT2D eigenvalue weighted by Gasteiger charge is 2.40. The number of likely N-dealkylation sites (tertiary alicyclic amines) is 1. The van der Waals surface area contributed by atoms with Crippen molar-refractivity contribution < 1.29 is 13.2 Å². The lowest BCUT2D eigenvalue weighted by molar-refractivity contribution is 0.0702. The number of rotatable bonds is 2. The minimum atomic E-state index is -3.84. The van der Waals surface area contributed by atoms with E-state index in [9.17, 15) is 13.2 Å². The Hall–Kier alpha value is -1.07. The number of hydrogen-bond acceptors (Lipinski definition) is 3. The van der Waals surface area contributed by atoms with Crippen LogP contribution in [0.2, 0.25) is 0 Å². The molecular formula is C15H18ClNO3S. The largest absolute Gasteiger partial charge is 0.335 e. The van der Waals surface area contributed by atoms with Crippen LogP contribution in [0.4, 0.5) is 0 Å². The van der Waals surface area contributed by atoms with E-state index >= 15 is 0 Å². The van der Waals surface area contributed by atoms with Crippen molar-refractivity contribution in [2.24, 2.45) is 5.92 Å². The summed E-state index contributed by atoms with van der Waals surface area (Å²) in [6.07, 6.45) is 3.34. The second-order valence-corrected chi connectivity index (χ2v) is 8.70. The van der Waals surface area contributed by atoms with Gasteiger partial charge in [0.05, 0.1) is 4.90 Å². The minimum Gasteiger partial charge on any atom is -0.335 e. The van der Waals surface area contributed by atoms with Crippen LogP contribution < -0.4 is 0 Å². The fraction of sp³-hybridized carbons (Fsp3) is 0.533. The Morgan fingerprint density at radius 3 is 2.48 bits per heavy atom. The van der Waals surface area contributed by atoms with E-state index in [0.29, 0.717) is 23.1 Å². The van der Waals surface area contributed by atoms with Crippen molar-refractivity contribution >= 4 is 25.6 Å². The minimum absolute atomic E-state index is 0.0301. The first-order valence-electron chi connectivity index (χ1n) is 7.14. The van der Waals surface area contributed by atoms with Crippen LogP contribution in [0.1, 0.15) is 40.7 Å². The molecule has 1 aliphatic heterocycles. The van der Waals surface area contributed by atoms with Crippen molar-refractivity contribution in [2.75, 3.05) is 6.54 Å². The van der Waals surface area contributed by atoms with E-state index in [2.05, 4.69) is 0 Å². The maximum atomic E-state index is 12.7. The van der Waals surface area contributed by atoms with Gasteiger partial charge in [-0.3, -0.25) is 4.79 Å². The second kappa shape index (κ2) is 4.99. The Balaban J connectivity index is 2.00. The smallest absolute Gasteiger partial charge is 0.261 e. The van der Waals surface area contributed by atoms with Gasteiger partial charge < -0.3 is 4.90 Å². The molecule has 1 heterocycles. The molecule has 2 aliphatic rings. The van der Waals surface area contributed by atoms with Gasteiger partial charge in [-0.1, -0.05) is 6.07 Å². The maximum absolute atomic E-state index is 12.7. The van der Waals surface area contributed by atoms with E-state index < -0.39 is 9.05 Å². The van der Waals surface area contributed by atoms with Crippen LogP contribution in [0.3, 0.4) is 0 Å². The molecule has 4 nitrogen and oxygen atoms in total. The first kappa shape index (κ1) is 14.9. The highest BCUT2D eigenvalue weighted by molar-refractivity contribution is 8.13. The first-order valence-corrected chi connectivity index (χ1v) is 9.45. The molecule has 2 bridgehead atoms. The summed E-state index contributed by atoms with van der Waals surface area (Å²) in [5.41, 5.74) is 1.82. The number of halogens is 1. The van der Waals surface area contributed by atoms with Crippen LogP contribution in [0.5, 0.6) is 0 Å². The van der Waals surface area contributed by atoms with Gasteiger partial charge in [0.15, 0.2) is 0 Å². The van der Waals surface area contributed by atoms with Crippen molar-refractivity contribution in [3.05, 3.63) is 28.8 Å². The fourth-order valence-corrected chi connectivity index (χ4v) is 4.85. The molecule has 1 saturated heterocycles. The summed E-state index contributed by atoms with van der Waals surface area (Å²) in [5, 5.41) is 0. The standard InChI is InChI=1S/C15H18ClNO3S/c1-9-5-10(2)14(21(16,19)20)7-13(9)15(18)17-8-11-3-4-12(17)6-11/h5,7,11-12H,3-4,6,8H2,1-2H3. The lowest BCUT2D eigenvalue weighted by Gasteiger charge is -2.28.